The number of aromatic nitrogens is 2. The predicted octanol–water partition coefficient (Wildman–Crippen LogP) is 0.296. The van der Waals surface area contributed by atoms with Crippen LogP contribution in [0.1, 0.15) is 34.7 Å². The molecule has 1 fully saturated rings. The number of nitrogens with zero attached hydrogens (tertiary/aromatic N) is 1. The van der Waals surface area contributed by atoms with Crippen LogP contribution >= 0.6 is 0 Å². The molecule has 0 aromatic carbocycles. The molecule has 1 amide bonds. The van der Waals surface area contributed by atoms with Gasteiger partial charge in [0.15, 0.2) is 0 Å². The number of nitrogens with one attached hydrogen (secondary N) is 2. The van der Waals surface area contributed by atoms with E-state index < -0.39 is 11.5 Å². The molecule has 1 saturated heterocycles. The van der Waals surface area contributed by atoms with E-state index in [1.165, 1.54) is 0 Å². The molecular weight excluding hydrogens is 234 g/mol. The van der Waals surface area contributed by atoms with Crippen LogP contribution in [0, 0.1) is 13.8 Å². The van der Waals surface area contributed by atoms with Crippen LogP contribution in [0.2, 0.25) is 0 Å². The number of hydrogen-bond donors (Lipinski definition) is 2. The number of ether oxygens (including phenoxy) is 1. The van der Waals surface area contributed by atoms with E-state index in [-0.39, 0.29) is 11.7 Å². The molecule has 6 heteroatoms. The second kappa shape index (κ2) is 5.30. The number of hydrogen-bond acceptors (Lipinski definition) is 4. The lowest BCUT2D eigenvalue weighted by atomic mass is 10.2. The summed E-state index contributed by atoms with van der Waals surface area (Å²) < 4.78 is 5.40. The number of carbonyl (C=O) groups excluding carboxylic acids is 1. The second-order valence-electron chi connectivity index (χ2n) is 4.46. The van der Waals surface area contributed by atoms with Gasteiger partial charge in [0.25, 0.3) is 11.5 Å². The van der Waals surface area contributed by atoms with Crippen molar-refractivity contribution >= 4 is 5.91 Å². The summed E-state index contributed by atoms with van der Waals surface area (Å²) in [6, 6.07) is 0. The third kappa shape index (κ3) is 2.76. The molecule has 0 bridgehead atoms. The maximum Gasteiger partial charge on any atom is 0.264 e. The first-order chi connectivity index (χ1) is 8.58. The largest absolute Gasteiger partial charge is 0.376 e. The van der Waals surface area contributed by atoms with Crippen molar-refractivity contribution in [3.05, 3.63) is 27.4 Å². The van der Waals surface area contributed by atoms with Crippen molar-refractivity contribution in [2.75, 3.05) is 13.2 Å². The summed E-state index contributed by atoms with van der Waals surface area (Å²) in [5.74, 6) is 0.116. The fourth-order valence-electron chi connectivity index (χ4n) is 2.09. The highest BCUT2D eigenvalue weighted by Crippen LogP contribution is 2.10. The fraction of sp³-hybridized carbons (Fsp3) is 0.583. The monoisotopic (exact) mass is 251 g/mol. The quantitative estimate of drug-likeness (QED) is 0.809. The number of rotatable bonds is 3. The first-order valence-electron chi connectivity index (χ1n) is 6.05. The molecule has 1 aliphatic rings. The number of amides is 1. The topological polar surface area (TPSA) is 84.1 Å². The number of carbonyl (C=O) groups is 1. The highest BCUT2D eigenvalue weighted by molar-refractivity contribution is 5.94. The first-order valence-corrected chi connectivity index (χ1v) is 6.05. The van der Waals surface area contributed by atoms with Gasteiger partial charge in [-0.25, -0.2) is 4.98 Å². The van der Waals surface area contributed by atoms with Gasteiger partial charge in [0.2, 0.25) is 0 Å². The molecule has 18 heavy (non-hydrogen) atoms. The molecule has 0 aliphatic carbocycles. The van der Waals surface area contributed by atoms with E-state index in [9.17, 15) is 9.59 Å². The average molecular weight is 251 g/mol. The highest BCUT2D eigenvalue weighted by Gasteiger charge is 2.19. The Morgan fingerprint density at radius 2 is 2.33 bits per heavy atom. The van der Waals surface area contributed by atoms with Gasteiger partial charge >= 0.3 is 0 Å². The van der Waals surface area contributed by atoms with Crippen molar-refractivity contribution in [3.63, 3.8) is 0 Å². The maximum absolute atomic E-state index is 11.9. The summed E-state index contributed by atoms with van der Waals surface area (Å²) in [6.45, 7) is 4.52. The van der Waals surface area contributed by atoms with Crippen molar-refractivity contribution < 1.29 is 9.53 Å². The van der Waals surface area contributed by atoms with Crippen molar-refractivity contribution in [2.45, 2.75) is 32.8 Å². The Kier molecular flexibility index (Phi) is 3.76. The summed E-state index contributed by atoms with van der Waals surface area (Å²) in [5.41, 5.74) is 0.129. The molecular formula is C12H17N3O3. The molecule has 1 atom stereocenters. The SMILES string of the molecule is Cc1nc(C)c(C(=O)NCC2CCCO2)c(=O)[nH]1. The Labute approximate surface area is 105 Å². The Balaban J connectivity index is 2.06. The molecule has 1 unspecified atom stereocenters. The maximum atomic E-state index is 11.9. The molecule has 1 aromatic rings. The zero-order chi connectivity index (χ0) is 13.1. The normalized spacial score (nSPS) is 18.9. The Bertz CT molecular complexity index is 504. The molecule has 1 aliphatic heterocycles. The van der Waals surface area contributed by atoms with Crippen LogP contribution in [-0.4, -0.2) is 35.1 Å². The minimum atomic E-state index is -0.398. The van der Waals surface area contributed by atoms with Gasteiger partial charge in [-0.1, -0.05) is 0 Å². The molecule has 0 saturated carbocycles. The van der Waals surface area contributed by atoms with Gasteiger partial charge in [-0.2, -0.15) is 0 Å². The first kappa shape index (κ1) is 12.8. The molecule has 0 radical (unpaired) electrons. The smallest absolute Gasteiger partial charge is 0.264 e. The van der Waals surface area contributed by atoms with E-state index in [1.54, 1.807) is 13.8 Å². The van der Waals surface area contributed by atoms with Crippen LogP contribution in [0.15, 0.2) is 4.79 Å². The highest BCUT2D eigenvalue weighted by atomic mass is 16.5. The Morgan fingerprint density at radius 1 is 1.56 bits per heavy atom. The zero-order valence-corrected chi connectivity index (χ0v) is 10.6. The van der Waals surface area contributed by atoms with Gasteiger partial charge in [0.05, 0.1) is 11.8 Å². The summed E-state index contributed by atoms with van der Waals surface area (Å²) in [7, 11) is 0. The van der Waals surface area contributed by atoms with Crippen LogP contribution in [0.3, 0.4) is 0 Å². The van der Waals surface area contributed by atoms with Gasteiger partial charge in [0.1, 0.15) is 11.4 Å². The zero-order valence-electron chi connectivity index (χ0n) is 10.6. The second-order valence-corrected chi connectivity index (χ2v) is 4.46. The van der Waals surface area contributed by atoms with Crippen LogP contribution in [0.5, 0.6) is 0 Å². The standard InChI is InChI=1S/C12H17N3O3/c1-7-10(12(17)15-8(2)14-7)11(16)13-6-9-4-3-5-18-9/h9H,3-6H2,1-2H3,(H,13,16)(H,14,15,17). The van der Waals surface area contributed by atoms with E-state index in [0.29, 0.717) is 18.1 Å². The minimum absolute atomic E-state index is 0.0618. The lowest BCUT2D eigenvalue weighted by molar-refractivity contribution is 0.0855. The fourth-order valence-corrected chi connectivity index (χ4v) is 2.09. The summed E-state index contributed by atoms with van der Waals surface area (Å²) in [5, 5.41) is 2.72. The molecule has 0 spiro atoms. The Morgan fingerprint density at radius 3 is 2.94 bits per heavy atom. The van der Waals surface area contributed by atoms with Gasteiger partial charge in [-0.05, 0) is 26.7 Å². The lowest BCUT2D eigenvalue weighted by Gasteiger charge is -2.11. The number of H-pyrrole nitrogens is 1. The molecule has 98 valence electrons. The molecule has 2 N–H and O–H groups in total. The Hall–Kier alpha value is -1.69. The summed E-state index contributed by atoms with van der Waals surface area (Å²) in [6.07, 6.45) is 2.03. The van der Waals surface area contributed by atoms with Gasteiger partial charge < -0.3 is 15.0 Å². The molecule has 6 nitrogen and oxygen atoms in total. The molecule has 1 aromatic heterocycles. The van der Waals surface area contributed by atoms with Gasteiger partial charge in [-0.15, -0.1) is 0 Å². The third-order valence-corrected chi connectivity index (χ3v) is 2.96. The van der Waals surface area contributed by atoms with E-state index >= 15 is 0 Å². The van der Waals surface area contributed by atoms with Crippen LogP contribution in [0.4, 0.5) is 0 Å². The van der Waals surface area contributed by atoms with Crippen LogP contribution < -0.4 is 10.9 Å². The lowest BCUT2D eigenvalue weighted by Crippen LogP contribution is -2.36. The predicted molar refractivity (Wildman–Crippen MR) is 65.6 cm³/mol. The summed E-state index contributed by atoms with van der Waals surface area (Å²) >= 11 is 0. The van der Waals surface area contributed by atoms with Crippen LogP contribution in [-0.2, 0) is 4.74 Å². The number of aromatic amines is 1. The van der Waals surface area contributed by atoms with Crippen molar-refractivity contribution in [3.8, 4) is 0 Å². The van der Waals surface area contributed by atoms with Crippen LogP contribution in [0.25, 0.3) is 0 Å². The minimum Gasteiger partial charge on any atom is -0.376 e. The van der Waals surface area contributed by atoms with E-state index in [4.69, 9.17) is 4.74 Å². The molecule has 2 rings (SSSR count). The van der Waals surface area contributed by atoms with Gasteiger partial charge in [-0.3, -0.25) is 9.59 Å². The summed E-state index contributed by atoms with van der Waals surface area (Å²) in [4.78, 5) is 30.3. The average Bonchev–Trinajstić information content (AvgIpc) is 2.77. The van der Waals surface area contributed by atoms with E-state index in [1.807, 2.05) is 0 Å². The van der Waals surface area contributed by atoms with E-state index in [2.05, 4.69) is 15.3 Å². The molecule has 2 heterocycles. The number of aryl methyl sites for hydroxylation is 2. The van der Waals surface area contributed by atoms with Crippen molar-refractivity contribution in [1.82, 2.24) is 15.3 Å². The van der Waals surface area contributed by atoms with Gasteiger partial charge in [0, 0.05) is 13.2 Å². The van der Waals surface area contributed by atoms with E-state index in [0.717, 1.165) is 19.4 Å². The van der Waals surface area contributed by atoms with Crippen molar-refractivity contribution in [2.24, 2.45) is 0 Å². The third-order valence-electron chi connectivity index (χ3n) is 2.96. The van der Waals surface area contributed by atoms with Crippen molar-refractivity contribution in [1.29, 1.82) is 0 Å².